The number of ether oxygens (including phenoxy) is 1. The third-order valence-corrected chi connectivity index (χ3v) is 2.71. The summed E-state index contributed by atoms with van der Waals surface area (Å²) in [6.07, 6.45) is -4.37. The number of hydrogen-bond donors (Lipinski definition) is 0. The van der Waals surface area contributed by atoms with Gasteiger partial charge in [-0.25, -0.2) is 0 Å². The predicted octanol–water partition coefficient (Wildman–Crippen LogP) is 3.83. The first-order valence-electron chi connectivity index (χ1n) is 4.37. The van der Waals surface area contributed by atoms with Gasteiger partial charge in [0.05, 0.1) is 12.7 Å². The molecule has 0 saturated carbocycles. The lowest BCUT2D eigenvalue weighted by Crippen LogP contribution is -2.07. The Morgan fingerprint density at radius 3 is 2.47 bits per heavy atom. The quantitative estimate of drug-likeness (QED) is 0.738. The zero-order chi connectivity index (χ0) is 11.5. The maximum Gasteiger partial charge on any atom is 0.420 e. The number of methoxy groups -OCH3 is 1. The Morgan fingerprint density at radius 1 is 1.33 bits per heavy atom. The molecule has 0 heterocycles. The first-order valence-corrected chi connectivity index (χ1v) is 5.36. The molecular weight excluding hydrogens is 225 g/mol. The first kappa shape index (κ1) is 12.2. The third-order valence-electron chi connectivity index (χ3n) is 1.79. The zero-order valence-corrected chi connectivity index (χ0v) is 9.21. The molecule has 0 aliphatic carbocycles. The van der Waals surface area contributed by atoms with Crippen LogP contribution in [0.1, 0.15) is 12.5 Å². The average Bonchev–Trinajstić information content (AvgIpc) is 2.16. The van der Waals surface area contributed by atoms with E-state index in [1.54, 1.807) is 6.07 Å². The fraction of sp³-hybridized carbons (Fsp3) is 0.400. The molecule has 0 aliphatic rings. The van der Waals surface area contributed by atoms with Crippen LogP contribution in [0.15, 0.2) is 23.1 Å². The highest BCUT2D eigenvalue weighted by Crippen LogP contribution is 2.41. The van der Waals surface area contributed by atoms with Crippen molar-refractivity contribution in [1.29, 1.82) is 0 Å². The lowest BCUT2D eigenvalue weighted by atomic mass is 10.2. The SMILES string of the molecule is CCSc1cccc(C(F)(F)F)c1OC. The summed E-state index contributed by atoms with van der Waals surface area (Å²) in [6, 6.07) is 4.05. The van der Waals surface area contributed by atoms with Gasteiger partial charge in [0.15, 0.2) is 0 Å². The van der Waals surface area contributed by atoms with Crippen molar-refractivity contribution in [2.24, 2.45) is 0 Å². The number of thioether (sulfide) groups is 1. The summed E-state index contributed by atoms with van der Waals surface area (Å²) in [5, 5.41) is 0. The summed E-state index contributed by atoms with van der Waals surface area (Å²) in [7, 11) is 1.25. The number of para-hydroxylation sites is 1. The topological polar surface area (TPSA) is 9.23 Å². The van der Waals surface area contributed by atoms with Crippen LogP contribution < -0.4 is 4.74 Å². The molecule has 1 nitrogen and oxygen atoms in total. The van der Waals surface area contributed by atoms with Crippen molar-refractivity contribution in [1.82, 2.24) is 0 Å². The monoisotopic (exact) mass is 236 g/mol. The van der Waals surface area contributed by atoms with Gasteiger partial charge in [-0.15, -0.1) is 11.8 Å². The highest BCUT2D eigenvalue weighted by Gasteiger charge is 2.35. The van der Waals surface area contributed by atoms with E-state index in [0.29, 0.717) is 10.6 Å². The summed E-state index contributed by atoms with van der Waals surface area (Å²) >= 11 is 1.33. The molecule has 0 aromatic heterocycles. The Kier molecular flexibility index (Phi) is 3.90. The molecule has 15 heavy (non-hydrogen) atoms. The molecule has 1 rings (SSSR count). The Morgan fingerprint density at radius 2 is 2.00 bits per heavy atom. The van der Waals surface area contributed by atoms with Gasteiger partial charge in [-0.3, -0.25) is 0 Å². The van der Waals surface area contributed by atoms with E-state index in [2.05, 4.69) is 0 Å². The van der Waals surface area contributed by atoms with Gasteiger partial charge in [0.1, 0.15) is 5.75 Å². The Hall–Kier alpha value is -0.840. The number of hydrogen-bond acceptors (Lipinski definition) is 2. The van der Waals surface area contributed by atoms with E-state index >= 15 is 0 Å². The van der Waals surface area contributed by atoms with E-state index in [4.69, 9.17) is 4.74 Å². The second-order valence-corrected chi connectivity index (χ2v) is 4.07. The standard InChI is InChI=1S/C10H11F3OS/c1-3-15-8-6-4-5-7(9(8)14-2)10(11,12)13/h4-6H,3H2,1-2H3. The normalized spacial score (nSPS) is 11.5. The summed E-state index contributed by atoms with van der Waals surface area (Å²) in [5.41, 5.74) is -0.719. The molecule has 0 aliphatic heterocycles. The lowest BCUT2D eigenvalue weighted by molar-refractivity contribution is -0.139. The molecule has 0 fully saturated rings. The molecular formula is C10H11F3OS. The van der Waals surface area contributed by atoms with E-state index in [1.807, 2.05) is 6.92 Å². The minimum atomic E-state index is -4.37. The average molecular weight is 236 g/mol. The van der Waals surface area contributed by atoms with Gasteiger partial charge in [0.2, 0.25) is 0 Å². The van der Waals surface area contributed by atoms with Crippen LogP contribution >= 0.6 is 11.8 Å². The van der Waals surface area contributed by atoms with Crippen molar-refractivity contribution in [2.75, 3.05) is 12.9 Å². The molecule has 0 amide bonds. The molecule has 0 radical (unpaired) electrons. The van der Waals surface area contributed by atoms with E-state index in [9.17, 15) is 13.2 Å². The lowest BCUT2D eigenvalue weighted by Gasteiger charge is -2.14. The van der Waals surface area contributed by atoms with Gasteiger partial charge in [-0.05, 0) is 17.9 Å². The Balaban J connectivity index is 3.22. The van der Waals surface area contributed by atoms with E-state index in [-0.39, 0.29) is 5.75 Å². The number of alkyl halides is 3. The Labute approximate surface area is 90.6 Å². The number of halogens is 3. The summed E-state index contributed by atoms with van der Waals surface area (Å²) < 4.78 is 42.5. The van der Waals surface area contributed by atoms with Gasteiger partial charge < -0.3 is 4.74 Å². The van der Waals surface area contributed by atoms with Crippen LogP contribution in [-0.4, -0.2) is 12.9 Å². The molecule has 1 aromatic rings. The van der Waals surface area contributed by atoms with Crippen molar-refractivity contribution in [2.45, 2.75) is 18.0 Å². The third kappa shape index (κ3) is 2.81. The van der Waals surface area contributed by atoms with E-state index in [0.717, 1.165) is 6.07 Å². The summed E-state index contributed by atoms with van der Waals surface area (Å²) in [5.74, 6) is 0.620. The summed E-state index contributed by atoms with van der Waals surface area (Å²) in [6.45, 7) is 1.88. The van der Waals surface area contributed by atoms with Crippen molar-refractivity contribution >= 4 is 11.8 Å². The van der Waals surface area contributed by atoms with E-state index in [1.165, 1.54) is 24.9 Å². The molecule has 1 aromatic carbocycles. The van der Waals surface area contributed by atoms with Crippen molar-refractivity contribution < 1.29 is 17.9 Å². The van der Waals surface area contributed by atoms with Crippen LogP contribution in [0.2, 0.25) is 0 Å². The van der Waals surface area contributed by atoms with Gasteiger partial charge >= 0.3 is 6.18 Å². The molecule has 0 bridgehead atoms. The summed E-state index contributed by atoms with van der Waals surface area (Å²) in [4.78, 5) is 0.523. The highest BCUT2D eigenvalue weighted by atomic mass is 32.2. The maximum absolute atomic E-state index is 12.6. The number of benzene rings is 1. The maximum atomic E-state index is 12.6. The van der Waals surface area contributed by atoms with Crippen molar-refractivity contribution in [3.8, 4) is 5.75 Å². The molecule has 0 N–H and O–H groups in total. The molecule has 0 spiro atoms. The predicted molar refractivity (Wildman–Crippen MR) is 54.4 cm³/mol. The van der Waals surface area contributed by atoms with Gasteiger partial charge in [0, 0.05) is 4.90 Å². The van der Waals surface area contributed by atoms with Crippen LogP contribution in [0, 0.1) is 0 Å². The zero-order valence-electron chi connectivity index (χ0n) is 8.39. The molecule has 0 saturated heterocycles. The fourth-order valence-corrected chi connectivity index (χ4v) is 2.03. The molecule has 0 atom stereocenters. The van der Waals surface area contributed by atoms with Crippen LogP contribution in [0.3, 0.4) is 0 Å². The van der Waals surface area contributed by atoms with Crippen LogP contribution in [0.5, 0.6) is 5.75 Å². The second-order valence-electron chi connectivity index (χ2n) is 2.77. The van der Waals surface area contributed by atoms with Crippen LogP contribution in [0.4, 0.5) is 13.2 Å². The highest BCUT2D eigenvalue weighted by molar-refractivity contribution is 7.99. The fourth-order valence-electron chi connectivity index (χ4n) is 1.22. The van der Waals surface area contributed by atoms with Crippen molar-refractivity contribution in [3.63, 3.8) is 0 Å². The minimum absolute atomic E-state index is 0.0862. The largest absolute Gasteiger partial charge is 0.495 e. The van der Waals surface area contributed by atoms with Crippen molar-refractivity contribution in [3.05, 3.63) is 23.8 Å². The first-order chi connectivity index (χ1) is 7.00. The van der Waals surface area contributed by atoms with E-state index < -0.39 is 11.7 Å². The van der Waals surface area contributed by atoms with Gasteiger partial charge in [-0.2, -0.15) is 13.2 Å². The van der Waals surface area contributed by atoms with Gasteiger partial charge in [0.25, 0.3) is 0 Å². The molecule has 5 heteroatoms. The molecule has 84 valence electrons. The van der Waals surface area contributed by atoms with Gasteiger partial charge in [-0.1, -0.05) is 13.0 Å². The van der Waals surface area contributed by atoms with Crippen LogP contribution in [0.25, 0.3) is 0 Å². The number of rotatable bonds is 3. The Bertz CT molecular complexity index is 336. The smallest absolute Gasteiger partial charge is 0.420 e. The van der Waals surface area contributed by atoms with Crippen LogP contribution in [-0.2, 0) is 6.18 Å². The minimum Gasteiger partial charge on any atom is -0.495 e. The molecule has 0 unspecified atom stereocenters. The second kappa shape index (κ2) is 4.79.